The SMILES string of the molecule is Cc1cc(C)c(C(=O)N2CCCC3(CNC(=O)c4ccccc4O3)C2)c(=O)[nH]1. The summed E-state index contributed by atoms with van der Waals surface area (Å²) in [7, 11) is 0. The Bertz CT molecular complexity index is 1010. The number of fused-ring (bicyclic) bond motifs is 1. The van der Waals surface area contributed by atoms with Crippen LogP contribution < -0.4 is 15.6 Å². The molecule has 2 aliphatic rings. The number of nitrogens with zero attached hydrogens (tertiary/aromatic N) is 1. The minimum atomic E-state index is -0.707. The first kappa shape index (κ1) is 18.3. The van der Waals surface area contributed by atoms with Crippen LogP contribution in [0.4, 0.5) is 0 Å². The fourth-order valence-electron chi connectivity index (χ4n) is 4.13. The second-order valence-corrected chi connectivity index (χ2v) is 7.63. The van der Waals surface area contributed by atoms with Gasteiger partial charge in [-0.3, -0.25) is 14.4 Å². The zero-order chi connectivity index (χ0) is 19.9. The standard InChI is InChI=1S/C21H23N3O4/c1-13-10-14(2)23-19(26)17(13)20(27)24-9-5-8-21(12-24)11-22-18(25)15-6-3-4-7-16(15)28-21/h3-4,6-7,10H,5,8-9,11-12H2,1-2H3,(H,22,25)(H,23,26). The molecule has 1 atom stereocenters. The number of carbonyl (C=O) groups excluding carboxylic acids is 2. The average molecular weight is 381 g/mol. The van der Waals surface area contributed by atoms with Gasteiger partial charge >= 0.3 is 0 Å². The predicted octanol–water partition coefficient (Wildman–Crippen LogP) is 1.79. The Morgan fingerprint density at radius 2 is 2.00 bits per heavy atom. The molecule has 146 valence electrons. The van der Waals surface area contributed by atoms with Crippen LogP contribution >= 0.6 is 0 Å². The number of benzene rings is 1. The van der Waals surface area contributed by atoms with Crippen molar-refractivity contribution in [1.29, 1.82) is 0 Å². The van der Waals surface area contributed by atoms with Crippen LogP contribution in [0.1, 0.15) is 44.8 Å². The maximum absolute atomic E-state index is 13.1. The van der Waals surface area contributed by atoms with Gasteiger partial charge in [-0.05, 0) is 50.5 Å². The van der Waals surface area contributed by atoms with Crippen LogP contribution in [0.25, 0.3) is 0 Å². The molecule has 1 aromatic carbocycles. The minimum Gasteiger partial charge on any atom is -0.483 e. The van der Waals surface area contributed by atoms with E-state index in [4.69, 9.17) is 4.74 Å². The molecule has 0 saturated carbocycles. The number of rotatable bonds is 1. The molecule has 7 nitrogen and oxygen atoms in total. The third-order valence-corrected chi connectivity index (χ3v) is 5.43. The Kier molecular flexibility index (Phi) is 4.45. The van der Waals surface area contributed by atoms with Crippen molar-refractivity contribution >= 4 is 11.8 Å². The molecule has 2 aromatic rings. The first-order valence-electron chi connectivity index (χ1n) is 9.45. The van der Waals surface area contributed by atoms with E-state index < -0.39 is 5.60 Å². The Labute approximate surface area is 162 Å². The van der Waals surface area contributed by atoms with Crippen molar-refractivity contribution in [2.75, 3.05) is 19.6 Å². The van der Waals surface area contributed by atoms with Crippen LogP contribution in [0.5, 0.6) is 5.75 Å². The Hall–Kier alpha value is -3.09. The topological polar surface area (TPSA) is 91.5 Å². The van der Waals surface area contributed by atoms with Gasteiger partial charge in [-0.15, -0.1) is 0 Å². The molecule has 4 rings (SSSR count). The number of aromatic nitrogens is 1. The highest BCUT2D eigenvalue weighted by molar-refractivity contribution is 5.97. The van der Waals surface area contributed by atoms with Crippen molar-refractivity contribution in [3.8, 4) is 5.75 Å². The summed E-state index contributed by atoms with van der Waals surface area (Å²) in [6.07, 6.45) is 1.45. The molecule has 1 saturated heterocycles. The number of ether oxygens (including phenoxy) is 1. The lowest BCUT2D eigenvalue weighted by Crippen LogP contribution is -2.58. The van der Waals surface area contributed by atoms with Crippen LogP contribution in [0, 0.1) is 13.8 Å². The third-order valence-electron chi connectivity index (χ3n) is 5.43. The van der Waals surface area contributed by atoms with Gasteiger partial charge in [0.05, 0.1) is 18.7 Å². The lowest BCUT2D eigenvalue weighted by Gasteiger charge is -2.42. The molecule has 7 heteroatoms. The first-order valence-corrected chi connectivity index (χ1v) is 9.45. The number of aryl methyl sites for hydroxylation is 2. The molecule has 2 amide bonds. The molecule has 1 unspecified atom stereocenters. The first-order chi connectivity index (χ1) is 13.4. The van der Waals surface area contributed by atoms with E-state index >= 15 is 0 Å². The number of piperidine rings is 1. The van der Waals surface area contributed by atoms with Gasteiger partial charge in [0.1, 0.15) is 16.9 Å². The number of amides is 2. The number of aromatic amines is 1. The van der Waals surface area contributed by atoms with Crippen LogP contribution in [0.2, 0.25) is 0 Å². The van der Waals surface area contributed by atoms with Gasteiger partial charge < -0.3 is 19.9 Å². The Balaban J connectivity index is 1.64. The summed E-state index contributed by atoms with van der Waals surface area (Å²) >= 11 is 0. The van der Waals surface area contributed by atoms with E-state index in [9.17, 15) is 14.4 Å². The molecule has 2 N–H and O–H groups in total. The van der Waals surface area contributed by atoms with E-state index in [1.165, 1.54) is 0 Å². The second-order valence-electron chi connectivity index (χ2n) is 7.63. The van der Waals surface area contributed by atoms with E-state index in [1.54, 1.807) is 43.0 Å². The zero-order valence-electron chi connectivity index (χ0n) is 16.0. The van der Waals surface area contributed by atoms with Crippen molar-refractivity contribution in [3.63, 3.8) is 0 Å². The van der Waals surface area contributed by atoms with E-state index in [1.807, 2.05) is 6.07 Å². The fourth-order valence-corrected chi connectivity index (χ4v) is 4.13. The number of carbonyl (C=O) groups is 2. The molecular formula is C21H23N3O4. The predicted molar refractivity (Wildman–Crippen MR) is 104 cm³/mol. The molecule has 1 spiro atoms. The number of pyridine rings is 1. The van der Waals surface area contributed by atoms with Crippen molar-refractivity contribution in [1.82, 2.24) is 15.2 Å². The highest BCUT2D eigenvalue weighted by Crippen LogP contribution is 2.32. The summed E-state index contributed by atoms with van der Waals surface area (Å²) in [5.74, 6) is 0.0446. The van der Waals surface area contributed by atoms with E-state index in [2.05, 4.69) is 10.3 Å². The molecule has 0 radical (unpaired) electrons. The van der Waals surface area contributed by atoms with Crippen molar-refractivity contribution in [3.05, 3.63) is 63.1 Å². The fraction of sp³-hybridized carbons (Fsp3) is 0.381. The van der Waals surface area contributed by atoms with Crippen LogP contribution in [0.3, 0.4) is 0 Å². The number of H-pyrrole nitrogens is 1. The van der Waals surface area contributed by atoms with Gasteiger partial charge in [0.15, 0.2) is 0 Å². The minimum absolute atomic E-state index is 0.167. The smallest absolute Gasteiger partial charge is 0.261 e. The normalized spacial score (nSPS) is 21.5. The summed E-state index contributed by atoms with van der Waals surface area (Å²) < 4.78 is 6.29. The van der Waals surface area contributed by atoms with Crippen molar-refractivity contribution in [2.24, 2.45) is 0 Å². The van der Waals surface area contributed by atoms with Crippen LogP contribution in [0.15, 0.2) is 35.1 Å². The van der Waals surface area contributed by atoms with E-state index in [0.29, 0.717) is 42.9 Å². The van der Waals surface area contributed by atoms with Gasteiger partial charge in [0.2, 0.25) is 0 Å². The highest BCUT2D eigenvalue weighted by Gasteiger charge is 2.42. The third kappa shape index (κ3) is 3.17. The number of hydrogen-bond acceptors (Lipinski definition) is 4. The number of nitrogens with one attached hydrogen (secondary N) is 2. The average Bonchev–Trinajstić information content (AvgIpc) is 2.78. The number of hydrogen-bond donors (Lipinski definition) is 2. The highest BCUT2D eigenvalue weighted by atomic mass is 16.5. The van der Waals surface area contributed by atoms with Crippen molar-refractivity contribution in [2.45, 2.75) is 32.3 Å². The van der Waals surface area contributed by atoms with Gasteiger partial charge in [0.25, 0.3) is 17.4 Å². The lowest BCUT2D eigenvalue weighted by atomic mass is 9.91. The summed E-state index contributed by atoms with van der Waals surface area (Å²) in [6, 6.07) is 8.92. The summed E-state index contributed by atoms with van der Waals surface area (Å²) in [5.41, 5.74) is 0.963. The van der Waals surface area contributed by atoms with Gasteiger partial charge in [-0.2, -0.15) is 0 Å². The molecule has 28 heavy (non-hydrogen) atoms. The van der Waals surface area contributed by atoms with Crippen LogP contribution in [-0.4, -0.2) is 46.9 Å². The Morgan fingerprint density at radius 1 is 1.21 bits per heavy atom. The molecular weight excluding hydrogens is 358 g/mol. The van der Waals surface area contributed by atoms with Crippen LogP contribution in [-0.2, 0) is 0 Å². The number of para-hydroxylation sites is 1. The quantitative estimate of drug-likeness (QED) is 0.788. The van der Waals surface area contributed by atoms with E-state index in [-0.39, 0.29) is 22.9 Å². The van der Waals surface area contributed by atoms with Gasteiger partial charge in [0, 0.05) is 12.2 Å². The molecule has 3 heterocycles. The largest absolute Gasteiger partial charge is 0.483 e. The maximum atomic E-state index is 13.1. The molecule has 0 aliphatic carbocycles. The molecule has 1 aromatic heterocycles. The van der Waals surface area contributed by atoms with Gasteiger partial charge in [-0.1, -0.05) is 12.1 Å². The summed E-state index contributed by atoms with van der Waals surface area (Å²) in [6.45, 7) is 4.73. The van der Waals surface area contributed by atoms with Gasteiger partial charge in [-0.25, -0.2) is 0 Å². The molecule has 2 aliphatic heterocycles. The summed E-state index contributed by atoms with van der Waals surface area (Å²) in [4.78, 5) is 42.3. The Morgan fingerprint density at radius 3 is 2.79 bits per heavy atom. The molecule has 1 fully saturated rings. The van der Waals surface area contributed by atoms with E-state index in [0.717, 1.165) is 12.1 Å². The maximum Gasteiger partial charge on any atom is 0.261 e. The van der Waals surface area contributed by atoms with Crippen molar-refractivity contribution < 1.29 is 14.3 Å². The lowest BCUT2D eigenvalue weighted by molar-refractivity contribution is -0.000965. The summed E-state index contributed by atoms with van der Waals surface area (Å²) in [5, 5.41) is 2.92. The molecule has 0 bridgehead atoms. The second kappa shape index (κ2) is 6.82. The monoisotopic (exact) mass is 381 g/mol. The zero-order valence-corrected chi connectivity index (χ0v) is 16.0. The number of likely N-dealkylation sites (tertiary alicyclic amines) is 1.